The van der Waals surface area contributed by atoms with Gasteiger partial charge in [0, 0.05) is 6.61 Å². The normalized spacial score (nSPS) is 16.0. The van der Waals surface area contributed by atoms with E-state index in [0.29, 0.717) is 13.0 Å². The maximum absolute atomic E-state index is 11.8. The first-order valence-electron chi connectivity index (χ1n) is 16.2. The molecule has 0 radical (unpaired) electrons. The van der Waals surface area contributed by atoms with Gasteiger partial charge >= 0.3 is 0 Å². The van der Waals surface area contributed by atoms with Crippen molar-refractivity contribution in [3.05, 3.63) is 0 Å². The van der Waals surface area contributed by atoms with Crippen molar-refractivity contribution in [3.63, 3.8) is 0 Å². The topological polar surface area (TPSA) is 90.2 Å². The summed E-state index contributed by atoms with van der Waals surface area (Å²) in [5.74, 6) is 0. The summed E-state index contributed by atoms with van der Waals surface area (Å²) in [5, 5.41) is 44.0. The molecule has 0 aromatic heterocycles. The molecule has 0 amide bonds. The molecule has 0 bridgehead atoms. The zero-order valence-corrected chi connectivity index (χ0v) is 25.2. The van der Waals surface area contributed by atoms with Crippen molar-refractivity contribution in [3.8, 4) is 0 Å². The number of ether oxygens (including phenoxy) is 1. The molecule has 0 fully saturated rings. The largest absolute Gasteiger partial charge is 0.394 e. The summed E-state index contributed by atoms with van der Waals surface area (Å²) in [6.07, 6.45) is 23.1. The second kappa shape index (κ2) is 24.8. The van der Waals surface area contributed by atoms with Gasteiger partial charge in [-0.25, -0.2) is 0 Å². The van der Waals surface area contributed by atoms with Crippen LogP contribution in [0.4, 0.5) is 0 Å². The Morgan fingerprint density at radius 1 is 0.541 bits per heavy atom. The van der Waals surface area contributed by atoms with E-state index in [-0.39, 0.29) is 13.0 Å². The molecule has 4 N–H and O–H groups in total. The molecule has 0 saturated heterocycles. The second-order valence-corrected chi connectivity index (χ2v) is 11.6. The molecule has 224 valence electrons. The van der Waals surface area contributed by atoms with Crippen LogP contribution in [0.5, 0.6) is 0 Å². The highest BCUT2D eigenvalue weighted by Gasteiger charge is 2.53. The molecular formula is C32H66O5. The summed E-state index contributed by atoms with van der Waals surface area (Å²) in [4.78, 5) is 0. The van der Waals surface area contributed by atoms with Crippen LogP contribution in [0.25, 0.3) is 0 Å². The molecule has 0 aliphatic carbocycles. The van der Waals surface area contributed by atoms with E-state index in [1.807, 2.05) is 0 Å². The maximum Gasteiger partial charge on any atom is 0.123 e. The summed E-state index contributed by atoms with van der Waals surface area (Å²) in [5.41, 5.74) is -3.34. The highest BCUT2D eigenvalue weighted by Crippen LogP contribution is 2.36. The molecule has 0 aliphatic heterocycles. The first-order valence-corrected chi connectivity index (χ1v) is 16.2. The molecule has 0 spiro atoms. The molecule has 3 atom stereocenters. The monoisotopic (exact) mass is 530 g/mol. The fraction of sp³-hybridized carbons (Fsp3) is 1.00. The third kappa shape index (κ3) is 17.2. The summed E-state index contributed by atoms with van der Waals surface area (Å²) in [6.45, 7) is 6.63. The van der Waals surface area contributed by atoms with Gasteiger partial charge in [-0.1, -0.05) is 149 Å². The quantitative estimate of drug-likeness (QED) is 0.0739. The summed E-state index contributed by atoms with van der Waals surface area (Å²) >= 11 is 0. The SMILES string of the molecule is CCCCCCCCCOCC(O)(CCCCCCCCC)C(O)(CCCCCCCCC)C(O)CO. The number of hydrogen-bond acceptors (Lipinski definition) is 5. The smallest absolute Gasteiger partial charge is 0.123 e. The van der Waals surface area contributed by atoms with Crippen LogP contribution >= 0.6 is 0 Å². The molecule has 0 aromatic rings. The van der Waals surface area contributed by atoms with Gasteiger partial charge in [-0.15, -0.1) is 0 Å². The highest BCUT2D eigenvalue weighted by atomic mass is 16.5. The van der Waals surface area contributed by atoms with E-state index in [4.69, 9.17) is 4.74 Å². The second-order valence-electron chi connectivity index (χ2n) is 11.6. The maximum atomic E-state index is 11.8. The Hall–Kier alpha value is -0.200. The van der Waals surface area contributed by atoms with E-state index in [0.717, 1.165) is 51.4 Å². The van der Waals surface area contributed by atoms with Crippen LogP contribution in [0, 0.1) is 0 Å². The standard InChI is InChI=1S/C32H66O5/c1-4-7-10-13-16-19-22-25-31(35,29-37-27-24-21-18-15-12-9-6-3)32(36,30(34)28-33)26-23-20-17-14-11-8-5-2/h30,33-36H,4-29H2,1-3H3. The van der Waals surface area contributed by atoms with E-state index in [1.54, 1.807) is 0 Å². The van der Waals surface area contributed by atoms with Crippen LogP contribution in [0.3, 0.4) is 0 Å². The number of aliphatic hydroxyl groups is 4. The Labute approximate surface area is 230 Å². The van der Waals surface area contributed by atoms with Crippen molar-refractivity contribution >= 4 is 0 Å². The van der Waals surface area contributed by atoms with Gasteiger partial charge in [0.15, 0.2) is 0 Å². The Kier molecular flexibility index (Phi) is 24.7. The lowest BCUT2D eigenvalue weighted by molar-refractivity contribution is -0.235. The molecule has 0 rings (SSSR count). The van der Waals surface area contributed by atoms with E-state index in [1.165, 1.54) is 83.5 Å². The number of hydrogen-bond donors (Lipinski definition) is 4. The van der Waals surface area contributed by atoms with Crippen molar-refractivity contribution in [2.75, 3.05) is 19.8 Å². The van der Waals surface area contributed by atoms with Crippen molar-refractivity contribution in [1.29, 1.82) is 0 Å². The minimum Gasteiger partial charge on any atom is -0.394 e. The van der Waals surface area contributed by atoms with Crippen molar-refractivity contribution in [2.45, 2.75) is 186 Å². The van der Waals surface area contributed by atoms with Gasteiger partial charge < -0.3 is 25.2 Å². The summed E-state index contributed by atoms with van der Waals surface area (Å²) < 4.78 is 5.95. The van der Waals surface area contributed by atoms with Gasteiger partial charge in [-0.2, -0.15) is 0 Å². The lowest BCUT2D eigenvalue weighted by Gasteiger charge is -2.46. The molecular weight excluding hydrogens is 464 g/mol. The van der Waals surface area contributed by atoms with Crippen molar-refractivity contribution in [1.82, 2.24) is 0 Å². The van der Waals surface area contributed by atoms with Crippen LogP contribution in [-0.2, 0) is 4.74 Å². The van der Waals surface area contributed by atoms with Gasteiger partial charge in [0.1, 0.15) is 17.3 Å². The minimum atomic E-state index is -1.77. The van der Waals surface area contributed by atoms with Crippen LogP contribution in [-0.4, -0.2) is 57.6 Å². The van der Waals surface area contributed by atoms with E-state index < -0.39 is 23.9 Å². The Morgan fingerprint density at radius 2 is 0.919 bits per heavy atom. The molecule has 5 nitrogen and oxygen atoms in total. The molecule has 37 heavy (non-hydrogen) atoms. The van der Waals surface area contributed by atoms with Gasteiger partial charge in [-0.3, -0.25) is 0 Å². The lowest BCUT2D eigenvalue weighted by Crippen LogP contribution is -2.64. The zero-order chi connectivity index (χ0) is 27.7. The predicted molar refractivity (Wildman–Crippen MR) is 157 cm³/mol. The van der Waals surface area contributed by atoms with Gasteiger partial charge in [0.05, 0.1) is 13.2 Å². The van der Waals surface area contributed by atoms with Crippen molar-refractivity contribution in [2.24, 2.45) is 0 Å². The first-order chi connectivity index (χ1) is 17.9. The van der Waals surface area contributed by atoms with Crippen LogP contribution in [0.1, 0.15) is 168 Å². The molecule has 0 heterocycles. The molecule has 5 heteroatoms. The Morgan fingerprint density at radius 3 is 1.35 bits per heavy atom. The molecule has 0 aliphatic rings. The molecule has 0 aromatic carbocycles. The molecule has 3 unspecified atom stereocenters. The van der Waals surface area contributed by atoms with Gasteiger partial charge in [0.25, 0.3) is 0 Å². The third-order valence-electron chi connectivity index (χ3n) is 8.12. The van der Waals surface area contributed by atoms with Crippen LogP contribution in [0.15, 0.2) is 0 Å². The molecule has 0 saturated carbocycles. The predicted octanol–water partition coefficient (Wildman–Crippen LogP) is 7.85. The van der Waals surface area contributed by atoms with Crippen LogP contribution in [0.2, 0.25) is 0 Å². The zero-order valence-electron chi connectivity index (χ0n) is 25.2. The van der Waals surface area contributed by atoms with Crippen molar-refractivity contribution < 1.29 is 25.2 Å². The highest BCUT2D eigenvalue weighted by molar-refractivity contribution is 5.04. The van der Waals surface area contributed by atoms with E-state index in [2.05, 4.69) is 20.8 Å². The lowest BCUT2D eigenvalue weighted by atomic mass is 9.72. The average Bonchev–Trinajstić information content (AvgIpc) is 2.90. The average molecular weight is 531 g/mol. The summed E-state index contributed by atoms with van der Waals surface area (Å²) in [6, 6.07) is 0. The number of aliphatic hydroxyl groups excluding tert-OH is 2. The first kappa shape index (κ1) is 36.8. The van der Waals surface area contributed by atoms with Crippen LogP contribution < -0.4 is 0 Å². The van der Waals surface area contributed by atoms with E-state index >= 15 is 0 Å². The number of unbranched alkanes of at least 4 members (excludes halogenated alkanes) is 18. The fourth-order valence-corrected chi connectivity index (χ4v) is 5.40. The third-order valence-corrected chi connectivity index (χ3v) is 8.12. The van der Waals surface area contributed by atoms with Gasteiger partial charge in [-0.05, 0) is 19.3 Å². The van der Waals surface area contributed by atoms with E-state index in [9.17, 15) is 20.4 Å². The van der Waals surface area contributed by atoms with Gasteiger partial charge in [0.2, 0.25) is 0 Å². The fourth-order valence-electron chi connectivity index (χ4n) is 5.40. The minimum absolute atomic E-state index is 0.00271. The number of rotatable bonds is 29. The Balaban J connectivity index is 4.95. The Bertz CT molecular complexity index is 474. The summed E-state index contributed by atoms with van der Waals surface area (Å²) in [7, 11) is 0.